The lowest BCUT2D eigenvalue weighted by Gasteiger charge is -2.11. The number of hydrogen-bond acceptors (Lipinski definition) is 10. The lowest BCUT2D eigenvalue weighted by molar-refractivity contribution is -0.137. The summed E-state index contributed by atoms with van der Waals surface area (Å²) in [5, 5.41) is 19.1. The van der Waals surface area contributed by atoms with Gasteiger partial charge < -0.3 is 19.1 Å². The zero-order valence-electron chi connectivity index (χ0n) is 28.2. The summed E-state index contributed by atoms with van der Waals surface area (Å²) in [6.45, 7) is 4.33. The maximum Gasteiger partial charge on any atom is 0.343 e. The molecule has 5 aromatic rings. The van der Waals surface area contributed by atoms with Crippen LogP contribution in [0.3, 0.4) is 0 Å². The highest BCUT2D eigenvalue weighted by Crippen LogP contribution is 2.35. The van der Waals surface area contributed by atoms with Gasteiger partial charge >= 0.3 is 11.9 Å². The lowest BCUT2D eigenvalue weighted by atomic mass is 10.1. The molecule has 10 heteroatoms. The maximum absolute atomic E-state index is 13.0. The van der Waals surface area contributed by atoms with E-state index in [1.807, 2.05) is 91.8 Å². The van der Waals surface area contributed by atoms with Crippen molar-refractivity contribution in [1.29, 1.82) is 0 Å². The van der Waals surface area contributed by atoms with E-state index in [2.05, 4.69) is 27.0 Å². The van der Waals surface area contributed by atoms with Crippen LogP contribution in [0.25, 0.3) is 10.8 Å². The van der Waals surface area contributed by atoms with Crippen molar-refractivity contribution >= 4 is 51.1 Å². The van der Waals surface area contributed by atoms with Gasteiger partial charge in [0.2, 0.25) is 0 Å². The summed E-state index contributed by atoms with van der Waals surface area (Å²) < 4.78 is 16.6. The first-order valence-electron chi connectivity index (χ1n) is 16.4. The Kier molecular flexibility index (Phi) is 12.5. The molecule has 0 unspecified atom stereocenters. The minimum atomic E-state index is -0.476. The minimum Gasteiger partial charge on any atom is -0.494 e. The fourth-order valence-electron chi connectivity index (χ4n) is 4.89. The number of carbonyl (C=O) groups excluding carboxylic acids is 2. The third-order valence-corrected chi connectivity index (χ3v) is 7.64. The molecule has 0 bridgehead atoms. The van der Waals surface area contributed by atoms with Crippen molar-refractivity contribution in [1.82, 2.24) is 0 Å². The van der Waals surface area contributed by atoms with Crippen LogP contribution in [0.4, 0.5) is 28.4 Å². The fraction of sp³-hybridized carbons (Fsp3) is 0.200. The van der Waals surface area contributed by atoms with Crippen molar-refractivity contribution in [2.24, 2.45) is 20.5 Å². The summed E-state index contributed by atoms with van der Waals surface area (Å²) in [4.78, 5) is 26.1. The van der Waals surface area contributed by atoms with Crippen LogP contribution < -0.4 is 14.4 Å². The van der Waals surface area contributed by atoms with E-state index >= 15 is 0 Å². The van der Waals surface area contributed by atoms with Crippen molar-refractivity contribution in [3.05, 3.63) is 127 Å². The number of benzene rings is 5. The van der Waals surface area contributed by atoms with Gasteiger partial charge in [0.25, 0.3) is 0 Å². The molecule has 0 aliphatic heterocycles. The Bertz CT molecular complexity index is 1950. The third-order valence-electron chi connectivity index (χ3n) is 7.64. The molecule has 0 aliphatic rings. The summed E-state index contributed by atoms with van der Waals surface area (Å²) in [7, 11) is 3.98. The van der Waals surface area contributed by atoms with E-state index in [-0.39, 0.29) is 0 Å². The molecule has 10 nitrogen and oxygen atoms in total. The topological polar surface area (TPSA) is 115 Å². The van der Waals surface area contributed by atoms with E-state index in [1.165, 1.54) is 0 Å². The minimum absolute atomic E-state index is 0.396. The average molecular weight is 670 g/mol. The molecule has 5 aromatic carbocycles. The largest absolute Gasteiger partial charge is 0.494 e. The SMILES string of the molecule is C=CC(=O)OCCCCCCOc1ccc(C(=O)Oc2ccc(/N=N/c3ccc(/N=N/c4ccc(N(C)C)cc4)cc3)c3ccccc23)cc1. The van der Waals surface area contributed by atoms with Crippen LogP contribution in [-0.2, 0) is 9.53 Å². The second-order valence-electron chi connectivity index (χ2n) is 11.5. The molecule has 0 aliphatic carbocycles. The third kappa shape index (κ3) is 10.2. The van der Waals surface area contributed by atoms with Gasteiger partial charge in [-0.3, -0.25) is 0 Å². The number of azo groups is 2. The highest BCUT2D eigenvalue weighted by molar-refractivity contribution is 5.99. The van der Waals surface area contributed by atoms with Gasteiger partial charge in [0.1, 0.15) is 11.5 Å². The van der Waals surface area contributed by atoms with Gasteiger partial charge in [0.15, 0.2) is 0 Å². The summed E-state index contributed by atoms with van der Waals surface area (Å²) in [6, 6.07) is 33.2. The van der Waals surface area contributed by atoms with E-state index in [0.29, 0.717) is 47.3 Å². The Morgan fingerprint density at radius 2 is 1.24 bits per heavy atom. The molecular weight excluding hydrogens is 630 g/mol. The van der Waals surface area contributed by atoms with Crippen LogP contribution in [0, 0.1) is 0 Å². The van der Waals surface area contributed by atoms with Crippen LogP contribution in [-0.4, -0.2) is 39.2 Å². The maximum atomic E-state index is 13.0. The normalized spacial score (nSPS) is 11.2. The van der Waals surface area contributed by atoms with Crippen molar-refractivity contribution in [2.45, 2.75) is 25.7 Å². The first-order valence-corrected chi connectivity index (χ1v) is 16.4. The molecule has 0 aromatic heterocycles. The molecule has 0 amide bonds. The zero-order chi connectivity index (χ0) is 35.1. The van der Waals surface area contributed by atoms with Crippen LogP contribution in [0.5, 0.6) is 11.5 Å². The Hall–Kier alpha value is -6.16. The molecule has 50 heavy (non-hydrogen) atoms. The average Bonchev–Trinajstić information content (AvgIpc) is 3.15. The molecule has 0 atom stereocenters. The number of ether oxygens (including phenoxy) is 3. The number of unbranched alkanes of at least 4 members (excludes halogenated alkanes) is 3. The highest BCUT2D eigenvalue weighted by atomic mass is 16.5. The van der Waals surface area contributed by atoms with Gasteiger partial charge in [0, 0.05) is 36.6 Å². The Morgan fingerprint density at radius 3 is 1.86 bits per heavy atom. The number of anilines is 1. The molecule has 0 spiro atoms. The first kappa shape index (κ1) is 35.2. The van der Waals surface area contributed by atoms with Gasteiger partial charge in [-0.25, -0.2) is 9.59 Å². The molecular formula is C40H39N5O5. The predicted octanol–water partition coefficient (Wildman–Crippen LogP) is 10.6. The van der Waals surface area contributed by atoms with E-state index in [4.69, 9.17) is 14.2 Å². The van der Waals surface area contributed by atoms with E-state index in [9.17, 15) is 9.59 Å². The molecule has 0 fully saturated rings. The van der Waals surface area contributed by atoms with Gasteiger partial charge in [-0.15, -0.1) is 5.11 Å². The molecule has 5 rings (SSSR count). The summed E-state index contributed by atoms with van der Waals surface area (Å²) in [5.41, 5.74) is 4.28. The monoisotopic (exact) mass is 669 g/mol. The number of esters is 2. The Labute approximate surface area is 291 Å². The Balaban J connectivity index is 1.14. The van der Waals surface area contributed by atoms with Crippen LogP contribution in [0.15, 0.2) is 142 Å². The molecule has 0 N–H and O–H groups in total. The van der Waals surface area contributed by atoms with Gasteiger partial charge in [0.05, 0.1) is 41.5 Å². The smallest absolute Gasteiger partial charge is 0.343 e. The van der Waals surface area contributed by atoms with Crippen molar-refractivity contribution < 1.29 is 23.8 Å². The summed E-state index contributed by atoms with van der Waals surface area (Å²) in [5.74, 6) is 0.227. The van der Waals surface area contributed by atoms with Gasteiger partial charge in [-0.1, -0.05) is 30.8 Å². The van der Waals surface area contributed by atoms with E-state index < -0.39 is 11.9 Å². The molecule has 0 heterocycles. The lowest BCUT2D eigenvalue weighted by Crippen LogP contribution is -2.08. The summed E-state index contributed by atoms with van der Waals surface area (Å²) in [6.07, 6.45) is 4.73. The number of fused-ring (bicyclic) bond motifs is 1. The summed E-state index contributed by atoms with van der Waals surface area (Å²) >= 11 is 0. The highest BCUT2D eigenvalue weighted by Gasteiger charge is 2.13. The van der Waals surface area contributed by atoms with Crippen LogP contribution in [0.1, 0.15) is 36.0 Å². The van der Waals surface area contributed by atoms with Crippen molar-refractivity contribution in [3.63, 3.8) is 0 Å². The number of rotatable bonds is 16. The quantitative estimate of drug-likeness (QED) is 0.0339. The second kappa shape index (κ2) is 17.8. The van der Waals surface area contributed by atoms with Crippen molar-refractivity contribution in [3.8, 4) is 11.5 Å². The molecule has 0 saturated carbocycles. The Morgan fingerprint density at radius 1 is 0.660 bits per heavy atom. The first-order chi connectivity index (χ1) is 24.4. The van der Waals surface area contributed by atoms with Gasteiger partial charge in [-0.05, 0) is 111 Å². The van der Waals surface area contributed by atoms with Crippen molar-refractivity contribution in [2.75, 3.05) is 32.2 Å². The number of nitrogens with zero attached hydrogens (tertiary/aromatic N) is 5. The number of carbonyl (C=O) groups is 2. The number of hydrogen-bond donors (Lipinski definition) is 0. The van der Waals surface area contributed by atoms with E-state index in [1.54, 1.807) is 36.4 Å². The predicted molar refractivity (Wildman–Crippen MR) is 196 cm³/mol. The zero-order valence-corrected chi connectivity index (χ0v) is 28.2. The fourth-order valence-corrected chi connectivity index (χ4v) is 4.89. The second-order valence-corrected chi connectivity index (χ2v) is 11.5. The molecule has 0 radical (unpaired) electrons. The molecule has 0 saturated heterocycles. The standard InChI is InChI=1S/C40H39N5O5/c1-4-39(46)49-28-10-6-5-9-27-48-34-23-13-29(14-24-34)40(47)50-38-26-25-37(35-11-7-8-12-36(35)38)44-43-31-17-15-30(16-18-31)41-42-32-19-21-33(22-20-32)45(2)3/h4,7-8,11-26H,1,5-6,9-10,27-28H2,2-3H3/b42-41+,44-43+. The van der Waals surface area contributed by atoms with Gasteiger partial charge in [-0.2, -0.15) is 15.3 Å². The van der Waals surface area contributed by atoms with Crippen LogP contribution in [0.2, 0.25) is 0 Å². The van der Waals surface area contributed by atoms with Crippen LogP contribution >= 0.6 is 0 Å². The molecule has 254 valence electrons. The van der Waals surface area contributed by atoms with E-state index in [0.717, 1.165) is 53.9 Å².